The van der Waals surface area contributed by atoms with E-state index in [1.807, 2.05) is 17.5 Å². The Labute approximate surface area is 266 Å². The lowest BCUT2D eigenvalue weighted by atomic mass is 10.0. The van der Waals surface area contributed by atoms with E-state index in [-0.39, 0.29) is 40.8 Å². The average Bonchev–Trinajstić information content (AvgIpc) is 3.85. The molecular weight excluding hydrogens is 649 g/mol. The Morgan fingerprint density at radius 2 is 1.76 bits per heavy atom. The molecule has 1 N–H and O–H groups in total. The molecule has 0 radical (unpaired) electrons. The van der Waals surface area contributed by atoms with Crippen LogP contribution in [0.4, 0.5) is 17.6 Å². The minimum Gasteiger partial charge on any atom is -0.344 e. The van der Waals surface area contributed by atoms with E-state index in [4.69, 9.17) is 0 Å². The number of hydrazone groups is 1. The largest absolute Gasteiger partial charge is 0.416 e. The molecule has 1 aliphatic rings. The molecule has 15 heteroatoms. The second-order valence-corrected chi connectivity index (χ2v) is 12.6. The summed E-state index contributed by atoms with van der Waals surface area (Å²) < 4.78 is 55.8. The highest BCUT2D eigenvalue weighted by Crippen LogP contribution is 2.36. The van der Waals surface area contributed by atoms with Gasteiger partial charge in [0.25, 0.3) is 11.8 Å². The maximum atomic E-state index is 13.7. The molecular formula is C30H22F4N6O2S3. The van der Waals surface area contributed by atoms with Gasteiger partial charge in [0, 0.05) is 6.42 Å². The Hall–Kier alpha value is -4.34. The van der Waals surface area contributed by atoms with Crippen LogP contribution < -0.4 is 5.32 Å². The monoisotopic (exact) mass is 670 g/mol. The molecule has 0 bridgehead atoms. The molecule has 2 amide bonds. The SMILES string of the molecule is O=C(NCc1nnc(SCC(=O)N2N=C(c3cccs3)C[C@@H]2c2ccc(F)cc2)n1-c1cccc(C(F)(F)F)c1)c1cccs1. The first-order chi connectivity index (χ1) is 21.7. The lowest BCUT2D eigenvalue weighted by Gasteiger charge is -2.22. The van der Waals surface area contributed by atoms with E-state index in [1.54, 1.807) is 29.6 Å². The third-order valence-corrected chi connectivity index (χ3v) is 9.54. The lowest BCUT2D eigenvalue weighted by Crippen LogP contribution is -2.28. The number of aromatic nitrogens is 3. The zero-order valence-corrected chi connectivity index (χ0v) is 25.5. The summed E-state index contributed by atoms with van der Waals surface area (Å²) in [4.78, 5) is 27.6. The van der Waals surface area contributed by atoms with Gasteiger partial charge >= 0.3 is 6.18 Å². The normalized spacial score (nSPS) is 14.9. The van der Waals surface area contributed by atoms with Crippen molar-refractivity contribution < 1.29 is 27.2 Å². The number of thioether (sulfide) groups is 1. The predicted molar refractivity (Wildman–Crippen MR) is 164 cm³/mol. The van der Waals surface area contributed by atoms with Crippen molar-refractivity contribution in [2.75, 3.05) is 5.75 Å². The highest BCUT2D eigenvalue weighted by atomic mass is 32.2. The van der Waals surface area contributed by atoms with Gasteiger partial charge in [0.05, 0.1) is 45.1 Å². The Bertz CT molecular complexity index is 1840. The summed E-state index contributed by atoms with van der Waals surface area (Å²) >= 11 is 3.71. The Morgan fingerprint density at radius 1 is 0.978 bits per heavy atom. The molecule has 8 nitrogen and oxygen atoms in total. The summed E-state index contributed by atoms with van der Waals surface area (Å²) in [5.41, 5.74) is 0.673. The molecule has 0 saturated carbocycles. The van der Waals surface area contributed by atoms with Crippen LogP contribution in [0.5, 0.6) is 0 Å². The number of hydrogen-bond acceptors (Lipinski definition) is 8. The summed E-state index contributed by atoms with van der Waals surface area (Å²) in [6.07, 6.45) is -4.17. The fourth-order valence-electron chi connectivity index (χ4n) is 4.71. The van der Waals surface area contributed by atoms with Gasteiger partial charge in [-0.1, -0.05) is 42.1 Å². The molecule has 3 aromatic heterocycles. The van der Waals surface area contributed by atoms with E-state index < -0.39 is 23.6 Å². The Morgan fingerprint density at radius 3 is 2.47 bits per heavy atom. The van der Waals surface area contributed by atoms with Gasteiger partial charge in [-0.05, 0) is 58.8 Å². The molecule has 1 atom stereocenters. The molecule has 1 aliphatic heterocycles. The quantitative estimate of drug-likeness (QED) is 0.135. The first kappa shape index (κ1) is 30.7. The van der Waals surface area contributed by atoms with Crippen molar-refractivity contribution in [2.45, 2.75) is 30.3 Å². The zero-order chi connectivity index (χ0) is 31.6. The van der Waals surface area contributed by atoms with Crippen molar-refractivity contribution in [1.82, 2.24) is 25.1 Å². The summed E-state index contributed by atoms with van der Waals surface area (Å²) in [5, 5.41) is 20.8. The molecule has 45 heavy (non-hydrogen) atoms. The number of nitrogens with zero attached hydrogens (tertiary/aromatic N) is 5. The highest BCUT2D eigenvalue weighted by molar-refractivity contribution is 7.99. The highest BCUT2D eigenvalue weighted by Gasteiger charge is 2.34. The molecule has 2 aromatic carbocycles. The van der Waals surface area contributed by atoms with Crippen LogP contribution in [0.15, 0.2) is 93.8 Å². The van der Waals surface area contributed by atoms with Crippen LogP contribution in [0, 0.1) is 5.82 Å². The number of alkyl halides is 3. The summed E-state index contributed by atoms with van der Waals surface area (Å²) in [6.45, 7) is -0.123. The van der Waals surface area contributed by atoms with Gasteiger partial charge in [-0.15, -0.1) is 32.9 Å². The van der Waals surface area contributed by atoms with Gasteiger partial charge in [-0.3, -0.25) is 14.2 Å². The van der Waals surface area contributed by atoms with E-state index in [9.17, 15) is 27.2 Å². The maximum Gasteiger partial charge on any atom is 0.416 e. The molecule has 0 saturated heterocycles. The first-order valence-electron chi connectivity index (χ1n) is 13.4. The molecule has 6 rings (SSSR count). The average molecular weight is 671 g/mol. The number of hydrogen-bond donors (Lipinski definition) is 1. The molecule has 0 aliphatic carbocycles. The fourth-order valence-corrected chi connectivity index (χ4v) is 6.90. The standard InChI is InChI=1S/C30H22F4N6O2S3/c31-20-10-8-18(9-11-20)23-15-22(24-6-2-12-43-24)38-40(23)27(41)17-45-29-37-36-26(16-35-28(42)25-7-3-13-44-25)39(29)21-5-1-4-19(14-21)30(32,33)34/h1-14,23H,15-17H2,(H,35,42)/t23-/m1/s1. The minimum absolute atomic E-state index is 0.119. The Balaban J connectivity index is 1.27. The van der Waals surface area contributed by atoms with Gasteiger partial charge in [0.15, 0.2) is 11.0 Å². The summed E-state index contributed by atoms with van der Waals surface area (Å²) in [6, 6.07) is 17.2. The second-order valence-electron chi connectivity index (χ2n) is 9.76. The van der Waals surface area contributed by atoms with Crippen molar-refractivity contribution in [3.8, 4) is 5.69 Å². The molecule has 0 spiro atoms. The van der Waals surface area contributed by atoms with Gasteiger partial charge in [0.1, 0.15) is 5.82 Å². The minimum atomic E-state index is -4.59. The van der Waals surface area contributed by atoms with Gasteiger partial charge in [-0.2, -0.15) is 18.3 Å². The van der Waals surface area contributed by atoms with Crippen molar-refractivity contribution in [3.63, 3.8) is 0 Å². The smallest absolute Gasteiger partial charge is 0.344 e. The molecule has 0 fully saturated rings. The van der Waals surface area contributed by atoms with Crippen molar-refractivity contribution >= 4 is 52.0 Å². The maximum absolute atomic E-state index is 13.7. The third kappa shape index (κ3) is 6.84. The van der Waals surface area contributed by atoms with Gasteiger partial charge in [-0.25, -0.2) is 9.40 Å². The fraction of sp³-hybridized carbons (Fsp3) is 0.167. The summed E-state index contributed by atoms with van der Waals surface area (Å²) in [5.74, 6) is -1.14. The van der Waals surface area contributed by atoms with Crippen LogP contribution in [0.1, 0.15) is 44.0 Å². The van der Waals surface area contributed by atoms with E-state index >= 15 is 0 Å². The molecule has 5 aromatic rings. The van der Waals surface area contributed by atoms with Crippen LogP contribution in [0.2, 0.25) is 0 Å². The number of rotatable bonds is 9. The van der Waals surface area contributed by atoms with Crippen molar-refractivity contribution in [2.24, 2.45) is 5.10 Å². The molecule has 4 heterocycles. The number of thiophene rings is 2. The molecule has 230 valence electrons. The second kappa shape index (κ2) is 12.9. The van der Waals surface area contributed by atoms with Crippen LogP contribution in [0.25, 0.3) is 5.69 Å². The summed E-state index contributed by atoms with van der Waals surface area (Å²) in [7, 11) is 0. The number of halogens is 4. The van der Waals surface area contributed by atoms with Gasteiger partial charge < -0.3 is 5.32 Å². The Kier molecular flexibility index (Phi) is 8.83. The van der Waals surface area contributed by atoms with E-state index in [0.29, 0.717) is 22.6 Å². The lowest BCUT2D eigenvalue weighted by molar-refractivity contribution is -0.137. The number of benzene rings is 2. The number of carbonyl (C=O) groups excluding carboxylic acids is 2. The molecule has 0 unspecified atom stereocenters. The zero-order valence-electron chi connectivity index (χ0n) is 23.1. The van der Waals surface area contributed by atoms with E-state index in [1.165, 1.54) is 56.5 Å². The van der Waals surface area contributed by atoms with Crippen LogP contribution in [0.3, 0.4) is 0 Å². The van der Waals surface area contributed by atoms with E-state index in [0.717, 1.165) is 28.8 Å². The van der Waals surface area contributed by atoms with Crippen LogP contribution in [-0.2, 0) is 17.5 Å². The number of nitrogens with one attached hydrogen (secondary N) is 1. The topological polar surface area (TPSA) is 92.5 Å². The van der Waals surface area contributed by atoms with Crippen LogP contribution in [-0.4, -0.2) is 43.1 Å². The van der Waals surface area contributed by atoms with Crippen molar-refractivity contribution in [1.29, 1.82) is 0 Å². The van der Waals surface area contributed by atoms with E-state index in [2.05, 4.69) is 20.6 Å². The predicted octanol–water partition coefficient (Wildman–Crippen LogP) is 6.95. The number of amides is 2. The van der Waals surface area contributed by atoms with Gasteiger partial charge in [0.2, 0.25) is 0 Å². The third-order valence-electron chi connectivity index (χ3n) is 6.84. The number of carbonyl (C=O) groups is 2. The van der Waals surface area contributed by atoms with Crippen LogP contribution >= 0.6 is 34.4 Å². The van der Waals surface area contributed by atoms with Crippen molar-refractivity contribution in [3.05, 3.63) is 116 Å². The first-order valence-corrected chi connectivity index (χ1v) is 16.2.